The molecule has 19 heavy (non-hydrogen) atoms. The molecule has 0 unspecified atom stereocenters. The molecule has 4 nitrogen and oxygen atoms in total. The summed E-state index contributed by atoms with van der Waals surface area (Å²) in [6.07, 6.45) is 1.70. The average molecular weight is 276 g/mol. The minimum Gasteiger partial charge on any atom is -0.334 e. The smallest absolute Gasteiger partial charge is 0.315 e. The fourth-order valence-corrected chi connectivity index (χ4v) is 1.78. The first-order chi connectivity index (χ1) is 9.24. The van der Waals surface area contributed by atoms with E-state index in [4.69, 9.17) is 11.6 Å². The van der Waals surface area contributed by atoms with E-state index in [-0.39, 0.29) is 6.03 Å². The summed E-state index contributed by atoms with van der Waals surface area (Å²) in [7, 11) is 0. The van der Waals surface area contributed by atoms with Gasteiger partial charge >= 0.3 is 6.03 Å². The Labute approximate surface area is 116 Å². The molecule has 0 fully saturated rings. The van der Waals surface area contributed by atoms with Gasteiger partial charge in [-0.25, -0.2) is 4.79 Å². The van der Waals surface area contributed by atoms with Gasteiger partial charge in [-0.15, -0.1) is 0 Å². The molecule has 2 N–H and O–H groups in total. The van der Waals surface area contributed by atoms with E-state index < -0.39 is 0 Å². The molecule has 0 aliphatic heterocycles. The number of hydrogen-bond donors (Lipinski definition) is 2. The van der Waals surface area contributed by atoms with Crippen LogP contribution in [0.3, 0.4) is 0 Å². The lowest BCUT2D eigenvalue weighted by Crippen LogP contribution is -2.34. The topological polar surface area (TPSA) is 54.0 Å². The lowest BCUT2D eigenvalue weighted by atomic mass is 10.2. The Morgan fingerprint density at radius 3 is 2.68 bits per heavy atom. The fraction of sp³-hybridized carbons (Fsp3) is 0.143. The molecule has 2 aromatic rings. The Bertz CT molecular complexity index is 545. The van der Waals surface area contributed by atoms with Gasteiger partial charge in [0.15, 0.2) is 0 Å². The second-order valence-electron chi connectivity index (χ2n) is 3.99. The van der Waals surface area contributed by atoms with Crippen LogP contribution < -0.4 is 10.6 Å². The summed E-state index contributed by atoms with van der Waals surface area (Å²) in [5.74, 6) is 0. The summed E-state index contributed by atoms with van der Waals surface area (Å²) in [4.78, 5) is 15.7. The van der Waals surface area contributed by atoms with Gasteiger partial charge in [-0.3, -0.25) is 4.98 Å². The third-order valence-corrected chi connectivity index (χ3v) is 2.73. The van der Waals surface area contributed by atoms with Crippen LogP contribution in [0.1, 0.15) is 11.3 Å². The van der Waals surface area contributed by atoms with Crippen molar-refractivity contribution in [3.8, 4) is 0 Å². The van der Waals surface area contributed by atoms with E-state index in [2.05, 4.69) is 15.6 Å². The molecule has 5 heteroatoms. The molecule has 0 atom stereocenters. The van der Waals surface area contributed by atoms with Gasteiger partial charge in [0.1, 0.15) is 0 Å². The van der Waals surface area contributed by atoms with E-state index in [1.165, 1.54) is 0 Å². The Hall–Kier alpha value is -2.07. The first-order valence-corrected chi connectivity index (χ1v) is 6.28. The molecule has 1 heterocycles. The zero-order valence-electron chi connectivity index (χ0n) is 10.3. The van der Waals surface area contributed by atoms with Crippen LogP contribution in [0.25, 0.3) is 0 Å². The van der Waals surface area contributed by atoms with Gasteiger partial charge < -0.3 is 10.6 Å². The number of benzene rings is 1. The second kappa shape index (κ2) is 6.75. The van der Waals surface area contributed by atoms with E-state index in [1.807, 2.05) is 36.4 Å². The van der Waals surface area contributed by atoms with E-state index in [1.54, 1.807) is 12.3 Å². The third kappa shape index (κ3) is 4.60. The minimum absolute atomic E-state index is 0.231. The van der Waals surface area contributed by atoms with Crippen molar-refractivity contribution in [2.24, 2.45) is 0 Å². The molecule has 1 aromatic heterocycles. The summed E-state index contributed by atoms with van der Waals surface area (Å²) in [6.45, 7) is 0.844. The largest absolute Gasteiger partial charge is 0.334 e. The highest BCUT2D eigenvalue weighted by Gasteiger charge is 2.01. The van der Waals surface area contributed by atoms with Crippen molar-refractivity contribution < 1.29 is 4.79 Å². The van der Waals surface area contributed by atoms with E-state index in [0.717, 1.165) is 11.3 Å². The highest BCUT2D eigenvalue weighted by Crippen LogP contribution is 2.10. The average Bonchev–Trinajstić information content (AvgIpc) is 2.44. The molecule has 0 saturated carbocycles. The van der Waals surface area contributed by atoms with E-state index in [9.17, 15) is 4.79 Å². The number of hydrogen-bond acceptors (Lipinski definition) is 2. The van der Waals surface area contributed by atoms with Gasteiger partial charge in [0.25, 0.3) is 0 Å². The van der Waals surface area contributed by atoms with Crippen molar-refractivity contribution in [2.75, 3.05) is 0 Å². The molecular weight excluding hydrogens is 262 g/mol. The lowest BCUT2D eigenvalue weighted by molar-refractivity contribution is 0.240. The molecule has 0 radical (unpaired) electrons. The van der Waals surface area contributed by atoms with Gasteiger partial charge in [0.2, 0.25) is 0 Å². The number of pyridine rings is 1. The molecular formula is C14H14ClN3O. The first kappa shape index (κ1) is 13.4. The van der Waals surface area contributed by atoms with Crippen LogP contribution >= 0.6 is 11.6 Å². The number of aromatic nitrogens is 1. The van der Waals surface area contributed by atoms with Crippen molar-refractivity contribution in [2.45, 2.75) is 13.1 Å². The number of rotatable bonds is 4. The Morgan fingerprint density at radius 2 is 1.95 bits per heavy atom. The maximum absolute atomic E-state index is 11.6. The third-order valence-electron chi connectivity index (χ3n) is 2.50. The maximum Gasteiger partial charge on any atom is 0.315 e. The predicted molar refractivity (Wildman–Crippen MR) is 74.8 cm³/mol. The summed E-state index contributed by atoms with van der Waals surface area (Å²) in [5.41, 5.74) is 1.78. The molecule has 0 bridgehead atoms. The van der Waals surface area contributed by atoms with Crippen LogP contribution in [0.5, 0.6) is 0 Å². The van der Waals surface area contributed by atoms with Crippen LogP contribution in [-0.4, -0.2) is 11.0 Å². The second-order valence-corrected chi connectivity index (χ2v) is 4.42. The highest BCUT2D eigenvalue weighted by atomic mass is 35.5. The summed E-state index contributed by atoms with van der Waals surface area (Å²) < 4.78 is 0. The number of amides is 2. The van der Waals surface area contributed by atoms with Crippen LogP contribution in [0.2, 0.25) is 5.02 Å². The van der Waals surface area contributed by atoms with Gasteiger partial charge in [-0.05, 0) is 29.8 Å². The Kier molecular flexibility index (Phi) is 4.75. The molecule has 0 saturated heterocycles. The van der Waals surface area contributed by atoms with Crippen LogP contribution in [-0.2, 0) is 13.1 Å². The summed E-state index contributed by atoms with van der Waals surface area (Å²) in [6, 6.07) is 12.7. The van der Waals surface area contributed by atoms with Crippen molar-refractivity contribution in [1.29, 1.82) is 0 Å². The lowest BCUT2D eigenvalue weighted by Gasteiger charge is -2.07. The van der Waals surface area contributed by atoms with Crippen LogP contribution in [0.4, 0.5) is 4.79 Å². The van der Waals surface area contributed by atoms with Crippen molar-refractivity contribution in [1.82, 2.24) is 15.6 Å². The van der Waals surface area contributed by atoms with Crippen molar-refractivity contribution >= 4 is 17.6 Å². The molecule has 2 rings (SSSR count). The van der Waals surface area contributed by atoms with Crippen molar-refractivity contribution in [3.05, 3.63) is 64.9 Å². The monoisotopic (exact) mass is 275 g/mol. The molecule has 1 aromatic carbocycles. The maximum atomic E-state index is 11.6. The van der Waals surface area contributed by atoms with E-state index >= 15 is 0 Å². The minimum atomic E-state index is -0.231. The summed E-state index contributed by atoms with van der Waals surface area (Å²) in [5, 5.41) is 6.16. The molecule has 98 valence electrons. The van der Waals surface area contributed by atoms with Crippen LogP contribution in [0, 0.1) is 0 Å². The van der Waals surface area contributed by atoms with Gasteiger partial charge in [-0.1, -0.05) is 29.8 Å². The highest BCUT2D eigenvalue weighted by molar-refractivity contribution is 6.30. The zero-order chi connectivity index (χ0) is 13.5. The molecule has 0 aliphatic carbocycles. The first-order valence-electron chi connectivity index (χ1n) is 5.90. The van der Waals surface area contributed by atoms with Gasteiger partial charge in [-0.2, -0.15) is 0 Å². The quantitative estimate of drug-likeness (QED) is 0.901. The molecule has 2 amide bonds. The Balaban J connectivity index is 1.76. The SMILES string of the molecule is O=C(NCc1cccc(Cl)c1)NCc1ccccn1. The van der Waals surface area contributed by atoms with Gasteiger partial charge in [0, 0.05) is 17.8 Å². The fourth-order valence-electron chi connectivity index (χ4n) is 1.57. The number of nitrogens with one attached hydrogen (secondary N) is 2. The summed E-state index contributed by atoms with van der Waals surface area (Å²) >= 11 is 5.86. The van der Waals surface area contributed by atoms with E-state index in [0.29, 0.717) is 18.1 Å². The molecule has 0 spiro atoms. The normalized spacial score (nSPS) is 9.95. The molecule has 0 aliphatic rings. The standard InChI is InChI=1S/C14H14ClN3O/c15-12-5-3-4-11(8-12)9-17-14(19)18-10-13-6-1-2-7-16-13/h1-8H,9-10H2,(H2,17,18,19). The number of carbonyl (C=O) groups excluding carboxylic acids is 1. The number of nitrogens with zero attached hydrogens (tertiary/aromatic N) is 1. The number of halogens is 1. The zero-order valence-corrected chi connectivity index (χ0v) is 11.0. The van der Waals surface area contributed by atoms with Crippen molar-refractivity contribution in [3.63, 3.8) is 0 Å². The number of urea groups is 1. The predicted octanol–water partition coefficient (Wildman–Crippen LogP) is 2.73. The number of carbonyl (C=O) groups is 1. The van der Waals surface area contributed by atoms with Gasteiger partial charge in [0.05, 0.1) is 12.2 Å². The van der Waals surface area contributed by atoms with Crippen LogP contribution in [0.15, 0.2) is 48.7 Å². The Morgan fingerprint density at radius 1 is 1.11 bits per heavy atom.